The fourth-order valence-corrected chi connectivity index (χ4v) is 2.83. The van der Waals surface area contributed by atoms with E-state index in [1.54, 1.807) is 20.8 Å². The second-order valence-electron chi connectivity index (χ2n) is 6.56. The molecule has 1 spiro atoms. The van der Waals surface area contributed by atoms with Gasteiger partial charge in [0.15, 0.2) is 0 Å². The minimum Gasteiger partial charge on any atom is -0.480 e. The van der Waals surface area contributed by atoms with E-state index in [9.17, 15) is 19.5 Å². The number of carboxylic acids is 1. The number of carboxylic acid groups (broad SMARTS) is 1. The van der Waals surface area contributed by atoms with Gasteiger partial charge in [0.05, 0.1) is 0 Å². The van der Waals surface area contributed by atoms with Crippen molar-refractivity contribution < 1.29 is 24.2 Å². The van der Waals surface area contributed by atoms with Crippen LogP contribution in [0.4, 0.5) is 4.79 Å². The topological polar surface area (TPSA) is 83.9 Å². The smallest absolute Gasteiger partial charge is 0.411 e. The van der Waals surface area contributed by atoms with E-state index in [4.69, 9.17) is 4.74 Å². The average Bonchev–Trinajstić information content (AvgIpc) is 2.55. The van der Waals surface area contributed by atoms with Gasteiger partial charge in [-0.05, 0) is 27.2 Å². The Morgan fingerprint density at radius 1 is 1.37 bits per heavy atom. The highest BCUT2D eigenvalue weighted by molar-refractivity contribution is 5.88. The SMILES string of the molecule is CC(C)(C)OC(=O)N1CC2(CC(=O)C2)CC1C(=O)O. The highest BCUT2D eigenvalue weighted by Gasteiger charge is 2.55. The number of rotatable bonds is 1. The molecule has 1 unspecified atom stereocenters. The van der Waals surface area contributed by atoms with Gasteiger partial charge in [-0.1, -0.05) is 0 Å². The zero-order chi connectivity index (χ0) is 14.4. The predicted octanol–water partition coefficient (Wildman–Crippen LogP) is 1.43. The van der Waals surface area contributed by atoms with Gasteiger partial charge < -0.3 is 9.84 Å². The van der Waals surface area contributed by atoms with Crippen molar-refractivity contribution >= 4 is 17.8 Å². The first-order chi connectivity index (χ1) is 8.62. The second kappa shape index (κ2) is 4.21. The Kier molecular flexibility index (Phi) is 3.07. The molecular weight excluding hydrogens is 250 g/mol. The standard InChI is InChI=1S/C13H19NO5/c1-12(2,3)19-11(18)14-7-13(4-8(15)5-13)6-9(14)10(16)17/h9H,4-7H2,1-3H3,(H,16,17). The molecule has 6 heteroatoms. The second-order valence-corrected chi connectivity index (χ2v) is 6.56. The minimum absolute atomic E-state index is 0.134. The average molecular weight is 269 g/mol. The molecule has 0 aromatic heterocycles. The third kappa shape index (κ3) is 2.72. The molecule has 2 aliphatic rings. The summed E-state index contributed by atoms with van der Waals surface area (Å²) in [7, 11) is 0. The number of aliphatic carboxylic acids is 1. The van der Waals surface area contributed by atoms with Crippen molar-refractivity contribution in [3.05, 3.63) is 0 Å². The lowest BCUT2D eigenvalue weighted by Crippen LogP contribution is -2.44. The zero-order valence-electron chi connectivity index (χ0n) is 11.4. The van der Waals surface area contributed by atoms with Crippen LogP contribution in [0.15, 0.2) is 0 Å². The number of ether oxygens (including phenoxy) is 1. The molecule has 2 rings (SSSR count). The van der Waals surface area contributed by atoms with Gasteiger partial charge in [-0.15, -0.1) is 0 Å². The highest BCUT2D eigenvalue weighted by atomic mass is 16.6. The largest absolute Gasteiger partial charge is 0.480 e. The van der Waals surface area contributed by atoms with Gasteiger partial charge in [0.1, 0.15) is 17.4 Å². The molecule has 0 bridgehead atoms. The van der Waals surface area contributed by atoms with Crippen LogP contribution in [-0.4, -0.2) is 46.0 Å². The Hall–Kier alpha value is -1.59. The summed E-state index contributed by atoms with van der Waals surface area (Å²) in [6.45, 7) is 5.50. The Morgan fingerprint density at radius 2 is 1.95 bits per heavy atom. The molecule has 106 valence electrons. The van der Waals surface area contributed by atoms with E-state index in [0.717, 1.165) is 0 Å². The van der Waals surface area contributed by atoms with Crippen molar-refractivity contribution in [2.45, 2.75) is 51.7 Å². The lowest BCUT2D eigenvalue weighted by molar-refractivity contribution is -0.142. The summed E-state index contributed by atoms with van der Waals surface area (Å²) in [4.78, 5) is 35.7. The Labute approximate surface area is 111 Å². The number of hydrogen-bond donors (Lipinski definition) is 1. The molecule has 1 atom stereocenters. The first kappa shape index (κ1) is 13.8. The monoisotopic (exact) mass is 269 g/mol. The fourth-order valence-electron chi connectivity index (χ4n) is 2.83. The van der Waals surface area contributed by atoms with Crippen molar-refractivity contribution in [3.8, 4) is 0 Å². The number of likely N-dealkylation sites (tertiary alicyclic amines) is 1. The summed E-state index contributed by atoms with van der Waals surface area (Å²) in [6, 6.07) is -0.886. The summed E-state index contributed by atoms with van der Waals surface area (Å²) in [5, 5.41) is 9.21. The fraction of sp³-hybridized carbons (Fsp3) is 0.769. The summed E-state index contributed by atoms with van der Waals surface area (Å²) < 4.78 is 5.23. The van der Waals surface area contributed by atoms with E-state index < -0.39 is 23.7 Å². The van der Waals surface area contributed by atoms with Gasteiger partial charge in [0, 0.05) is 24.8 Å². The lowest BCUT2D eigenvalue weighted by atomic mass is 9.66. The van der Waals surface area contributed by atoms with Crippen LogP contribution in [0.2, 0.25) is 0 Å². The molecule has 1 saturated heterocycles. The van der Waals surface area contributed by atoms with Gasteiger partial charge in [-0.2, -0.15) is 0 Å². The molecule has 0 aromatic rings. The number of carbonyl (C=O) groups is 3. The van der Waals surface area contributed by atoms with Crippen molar-refractivity contribution in [1.82, 2.24) is 4.90 Å². The first-order valence-corrected chi connectivity index (χ1v) is 6.36. The van der Waals surface area contributed by atoms with Gasteiger partial charge in [-0.3, -0.25) is 9.69 Å². The van der Waals surface area contributed by atoms with E-state index in [2.05, 4.69) is 0 Å². The molecule has 1 aliphatic heterocycles. The summed E-state index contributed by atoms with van der Waals surface area (Å²) in [5.74, 6) is -0.905. The van der Waals surface area contributed by atoms with Crippen LogP contribution in [0, 0.1) is 5.41 Å². The van der Waals surface area contributed by atoms with E-state index in [1.165, 1.54) is 4.90 Å². The van der Waals surface area contributed by atoms with Crippen molar-refractivity contribution in [2.75, 3.05) is 6.54 Å². The van der Waals surface area contributed by atoms with Crippen LogP contribution in [0.3, 0.4) is 0 Å². The molecule has 2 fully saturated rings. The van der Waals surface area contributed by atoms with Crippen LogP contribution in [-0.2, 0) is 14.3 Å². The summed E-state index contributed by atoms with van der Waals surface area (Å²) >= 11 is 0. The molecule has 1 amide bonds. The van der Waals surface area contributed by atoms with Gasteiger partial charge in [-0.25, -0.2) is 9.59 Å². The van der Waals surface area contributed by atoms with Crippen LogP contribution in [0.1, 0.15) is 40.0 Å². The maximum Gasteiger partial charge on any atom is 0.411 e. The van der Waals surface area contributed by atoms with Crippen molar-refractivity contribution in [3.63, 3.8) is 0 Å². The van der Waals surface area contributed by atoms with Gasteiger partial charge in [0.2, 0.25) is 0 Å². The number of Topliss-reactive ketones (excluding diaryl/α,β-unsaturated/α-hetero) is 1. The van der Waals surface area contributed by atoms with E-state index in [1.807, 2.05) is 0 Å². The summed E-state index contributed by atoms with van der Waals surface area (Å²) in [6.07, 6.45) is 0.468. The predicted molar refractivity (Wildman–Crippen MR) is 65.7 cm³/mol. The van der Waals surface area contributed by atoms with Gasteiger partial charge in [0.25, 0.3) is 0 Å². The Bertz CT molecular complexity index is 429. The van der Waals surface area contributed by atoms with Crippen LogP contribution in [0.25, 0.3) is 0 Å². The first-order valence-electron chi connectivity index (χ1n) is 6.36. The number of nitrogens with zero attached hydrogens (tertiary/aromatic N) is 1. The molecule has 0 radical (unpaired) electrons. The Balaban J connectivity index is 2.12. The molecule has 6 nitrogen and oxygen atoms in total. The molecule has 19 heavy (non-hydrogen) atoms. The van der Waals surface area contributed by atoms with Crippen LogP contribution in [0.5, 0.6) is 0 Å². The number of ketones is 1. The van der Waals surface area contributed by atoms with Crippen LogP contribution >= 0.6 is 0 Å². The molecule has 0 aromatic carbocycles. The van der Waals surface area contributed by atoms with E-state index in [0.29, 0.717) is 25.8 Å². The van der Waals surface area contributed by atoms with E-state index in [-0.39, 0.29) is 11.2 Å². The zero-order valence-corrected chi connectivity index (χ0v) is 11.4. The minimum atomic E-state index is -1.04. The van der Waals surface area contributed by atoms with Crippen LogP contribution < -0.4 is 0 Å². The maximum absolute atomic E-state index is 12.0. The van der Waals surface area contributed by atoms with Crippen molar-refractivity contribution in [1.29, 1.82) is 0 Å². The third-order valence-electron chi connectivity index (χ3n) is 3.57. The summed E-state index contributed by atoms with van der Waals surface area (Å²) in [5.41, 5.74) is -0.998. The van der Waals surface area contributed by atoms with Crippen molar-refractivity contribution in [2.24, 2.45) is 5.41 Å². The van der Waals surface area contributed by atoms with E-state index >= 15 is 0 Å². The van der Waals surface area contributed by atoms with Gasteiger partial charge >= 0.3 is 12.1 Å². The molecule has 1 heterocycles. The lowest BCUT2D eigenvalue weighted by Gasteiger charge is -2.36. The normalized spacial score (nSPS) is 25.3. The number of hydrogen-bond acceptors (Lipinski definition) is 4. The quantitative estimate of drug-likeness (QED) is 0.778. The number of amides is 1. The Morgan fingerprint density at radius 3 is 2.37 bits per heavy atom. The molecule has 1 aliphatic carbocycles. The maximum atomic E-state index is 12.0. The molecule has 1 N–H and O–H groups in total. The molecule has 1 saturated carbocycles. The third-order valence-corrected chi connectivity index (χ3v) is 3.57. The molecular formula is C13H19NO5. The number of carbonyl (C=O) groups excluding carboxylic acids is 2. The highest BCUT2D eigenvalue weighted by Crippen LogP contribution is 2.48.